The lowest BCUT2D eigenvalue weighted by Gasteiger charge is -2.31. The third kappa shape index (κ3) is 40.7. The highest BCUT2D eigenvalue weighted by Gasteiger charge is 2.31. The molecule has 0 aliphatic rings. The van der Waals surface area contributed by atoms with Gasteiger partial charge in [-0.3, -0.25) is 9.59 Å². The number of aliphatic carboxylic acids is 1. The molecule has 1 N–H and O–H groups in total. The number of likely N-dealkylation sites (N-methyl/N-ethyl adjacent to an activating group) is 1. The first-order valence-corrected chi connectivity index (χ1v) is 24.5. The SMILES string of the molecule is CC/C=C\C/C=C\C/C=C\CCCCCCCC(=O)OC(COCCC(C(=O)O)[N+](C)(C)C)COC(=O)CCCCCCCCCCCCCCCCCCCCCC. The second kappa shape index (κ2) is 42.2. The Balaban J connectivity index is 4.24. The normalized spacial score (nSPS) is 13.2. The highest BCUT2D eigenvalue weighted by molar-refractivity contribution is 5.72. The first kappa shape index (κ1) is 56.5. The number of allylic oxidation sites excluding steroid dienone is 6. The lowest BCUT2D eigenvalue weighted by atomic mass is 10.0. The van der Waals surface area contributed by atoms with E-state index in [2.05, 4.69) is 50.3 Å². The van der Waals surface area contributed by atoms with E-state index in [1.54, 1.807) is 0 Å². The molecule has 0 aromatic heterocycles. The molecule has 2 unspecified atom stereocenters. The topological polar surface area (TPSA) is 99.1 Å². The minimum atomic E-state index is -0.876. The van der Waals surface area contributed by atoms with Gasteiger partial charge in [0, 0.05) is 19.3 Å². The van der Waals surface area contributed by atoms with Crippen molar-refractivity contribution in [3.63, 3.8) is 0 Å². The van der Waals surface area contributed by atoms with Crippen molar-refractivity contribution in [2.24, 2.45) is 0 Å². The van der Waals surface area contributed by atoms with E-state index in [1.807, 2.05) is 21.1 Å². The van der Waals surface area contributed by atoms with Crippen LogP contribution in [-0.4, -0.2) is 80.6 Å². The summed E-state index contributed by atoms with van der Waals surface area (Å²) in [4.78, 5) is 37.1. The summed E-state index contributed by atoms with van der Waals surface area (Å²) in [6.07, 6.45) is 49.1. The Morgan fingerprint density at radius 2 is 0.949 bits per heavy atom. The molecule has 0 amide bonds. The third-order valence-electron chi connectivity index (χ3n) is 11.1. The van der Waals surface area contributed by atoms with Gasteiger partial charge in [0.2, 0.25) is 0 Å². The zero-order chi connectivity index (χ0) is 43.5. The molecule has 0 fully saturated rings. The van der Waals surface area contributed by atoms with Gasteiger partial charge in [-0.2, -0.15) is 0 Å². The molecule has 0 bridgehead atoms. The molecule has 0 heterocycles. The standard InChI is InChI=1S/C51H93NO7/c1-6-8-10-12-14-16-18-20-22-23-24-25-26-28-29-31-33-35-37-39-41-49(53)58-46-47(45-57-44-43-48(51(55)56)52(3,4)5)59-50(54)42-40-38-36-34-32-30-27-21-19-17-15-13-11-9-7-2/h9,11,15,17,21,27,47-48H,6-8,10,12-14,16,18-20,22-26,28-46H2,1-5H3/p+1/b11-9-,17-15-,27-21-. The summed E-state index contributed by atoms with van der Waals surface area (Å²) in [7, 11) is 5.53. The van der Waals surface area contributed by atoms with Crippen molar-refractivity contribution >= 4 is 17.9 Å². The minimum absolute atomic E-state index is 0.0549. The summed E-state index contributed by atoms with van der Waals surface area (Å²) >= 11 is 0. The van der Waals surface area contributed by atoms with Crippen molar-refractivity contribution in [1.29, 1.82) is 0 Å². The number of hydrogen-bond donors (Lipinski definition) is 1. The first-order valence-electron chi connectivity index (χ1n) is 24.5. The Kier molecular flexibility index (Phi) is 40.5. The summed E-state index contributed by atoms with van der Waals surface area (Å²) in [5.41, 5.74) is 0. The number of carbonyl (C=O) groups is 3. The van der Waals surface area contributed by atoms with Crippen LogP contribution in [0.2, 0.25) is 0 Å². The van der Waals surface area contributed by atoms with Gasteiger partial charge in [-0.05, 0) is 44.9 Å². The van der Waals surface area contributed by atoms with Gasteiger partial charge >= 0.3 is 17.9 Å². The molecule has 0 saturated heterocycles. The predicted molar refractivity (Wildman–Crippen MR) is 248 cm³/mol. The molecule has 0 radical (unpaired) electrons. The Bertz CT molecular complexity index is 1060. The fraction of sp³-hybridized carbons (Fsp3) is 0.824. The number of carbonyl (C=O) groups excluding carboxylic acids is 2. The fourth-order valence-corrected chi connectivity index (χ4v) is 7.28. The average Bonchev–Trinajstić information content (AvgIpc) is 3.19. The van der Waals surface area contributed by atoms with Gasteiger partial charge in [0.25, 0.3) is 0 Å². The minimum Gasteiger partial charge on any atom is -0.477 e. The number of carboxylic acid groups (broad SMARTS) is 1. The Labute approximate surface area is 364 Å². The zero-order valence-corrected chi connectivity index (χ0v) is 39.2. The largest absolute Gasteiger partial charge is 0.477 e. The molecular weight excluding hydrogens is 739 g/mol. The van der Waals surface area contributed by atoms with E-state index in [0.29, 0.717) is 19.3 Å². The van der Waals surface area contributed by atoms with Crippen LogP contribution in [0.5, 0.6) is 0 Å². The number of nitrogens with zero attached hydrogens (tertiary/aromatic N) is 1. The van der Waals surface area contributed by atoms with Crippen LogP contribution >= 0.6 is 0 Å². The van der Waals surface area contributed by atoms with E-state index in [0.717, 1.165) is 77.0 Å². The van der Waals surface area contributed by atoms with Gasteiger partial charge in [0.05, 0.1) is 34.4 Å². The van der Waals surface area contributed by atoms with Gasteiger partial charge < -0.3 is 23.8 Å². The molecule has 8 heteroatoms. The predicted octanol–water partition coefficient (Wildman–Crippen LogP) is 13.8. The van der Waals surface area contributed by atoms with Crippen molar-refractivity contribution in [3.05, 3.63) is 36.5 Å². The smallest absolute Gasteiger partial charge is 0.362 e. The second-order valence-corrected chi connectivity index (χ2v) is 17.7. The van der Waals surface area contributed by atoms with Gasteiger partial charge in [-0.1, -0.05) is 192 Å². The second-order valence-electron chi connectivity index (χ2n) is 17.7. The monoisotopic (exact) mass is 833 g/mol. The van der Waals surface area contributed by atoms with Crippen LogP contribution < -0.4 is 0 Å². The zero-order valence-electron chi connectivity index (χ0n) is 39.2. The molecule has 344 valence electrons. The number of rotatable bonds is 44. The van der Waals surface area contributed by atoms with E-state index in [4.69, 9.17) is 14.2 Å². The number of unbranched alkanes of at least 4 members (excludes halogenated alkanes) is 24. The lowest BCUT2D eigenvalue weighted by Crippen LogP contribution is -2.50. The quantitative estimate of drug-likeness (QED) is 0.0282. The van der Waals surface area contributed by atoms with Crippen LogP contribution in [0, 0.1) is 0 Å². The van der Waals surface area contributed by atoms with Crippen LogP contribution in [0.15, 0.2) is 36.5 Å². The number of esters is 2. The van der Waals surface area contributed by atoms with Crippen LogP contribution in [0.4, 0.5) is 0 Å². The average molecular weight is 833 g/mol. The molecule has 0 aromatic carbocycles. The van der Waals surface area contributed by atoms with Crippen molar-refractivity contribution in [2.45, 2.75) is 231 Å². The van der Waals surface area contributed by atoms with Crippen LogP contribution in [0.1, 0.15) is 219 Å². The summed E-state index contributed by atoms with van der Waals surface area (Å²) in [5.74, 6) is -1.48. The fourth-order valence-electron chi connectivity index (χ4n) is 7.28. The molecule has 0 spiro atoms. The summed E-state index contributed by atoms with van der Waals surface area (Å²) < 4.78 is 17.3. The maximum atomic E-state index is 12.7. The van der Waals surface area contributed by atoms with Gasteiger partial charge in [-0.25, -0.2) is 4.79 Å². The van der Waals surface area contributed by atoms with Gasteiger partial charge in [0.1, 0.15) is 6.61 Å². The van der Waals surface area contributed by atoms with E-state index < -0.39 is 18.1 Å². The van der Waals surface area contributed by atoms with Crippen molar-refractivity contribution in [2.75, 3.05) is 41.0 Å². The Hall–Kier alpha value is -2.45. The lowest BCUT2D eigenvalue weighted by molar-refractivity contribution is -0.887. The van der Waals surface area contributed by atoms with Crippen molar-refractivity contribution in [3.8, 4) is 0 Å². The number of carboxylic acids is 1. The molecule has 0 saturated carbocycles. The molecule has 0 aliphatic carbocycles. The van der Waals surface area contributed by atoms with E-state index >= 15 is 0 Å². The van der Waals surface area contributed by atoms with Crippen molar-refractivity contribution < 1.29 is 38.2 Å². The third-order valence-corrected chi connectivity index (χ3v) is 11.1. The van der Waals surface area contributed by atoms with E-state index in [9.17, 15) is 19.5 Å². The molecule has 2 atom stereocenters. The number of ether oxygens (including phenoxy) is 3. The molecular formula is C51H94NO7+. The molecule has 0 rings (SSSR count). The molecule has 8 nitrogen and oxygen atoms in total. The highest BCUT2D eigenvalue weighted by Crippen LogP contribution is 2.16. The number of hydrogen-bond acceptors (Lipinski definition) is 6. The molecule has 59 heavy (non-hydrogen) atoms. The van der Waals surface area contributed by atoms with Gasteiger partial charge in [-0.15, -0.1) is 0 Å². The molecule has 0 aromatic rings. The van der Waals surface area contributed by atoms with Crippen LogP contribution in [-0.2, 0) is 28.6 Å². The first-order chi connectivity index (χ1) is 28.6. The van der Waals surface area contributed by atoms with Crippen molar-refractivity contribution in [1.82, 2.24) is 0 Å². The summed E-state index contributed by atoms with van der Waals surface area (Å²) in [6.45, 7) is 4.63. The van der Waals surface area contributed by atoms with E-state index in [-0.39, 0.29) is 36.2 Å². The Morgan fingerprint density at radius 1 is 0.525 bits per heavy atom. The maximum Gasteiger partial charge on any atom is 0.362 e. The van der Waals surface area contributed by atoms with Crippen LogP contribution in [0.3, 0.4) is 0 Å². The highest BCUT2D eigenvalue weighted by atomic mass is 16.6. The number of quaternary nitrogens is 1. The summed E-state index contributed by atoms with van der Waals surface area (Å²) in [6, 6.07) is -0.617. The molecule has 0 aliphatic heterocycles. The van der Waals surface area contributed by atoms with Crippen LogP contribution in [0.25, 0.3) is 0 Å². The van der Waals surface area contributed by atoms with E-state index in [1.165, 1.54) is 109 Å². The Morgan fingerprint density at radius 3 is 1.41 bits per heavy atom. The maximum absolute atomic E-state index is 12.7. The van der Waals surface area contributed by atoms with Gasteiger partial charge in [0.15, 0.2) is 12.1 Å². The summed E-state index contributed by atoms with van der Waals surface area (Å²) in [5, 5.41) is 9.64.